The first-order valence-electron chi connectivity index (χ1n) is 6.29. The smallest absolute Gasteiger partial charge is 0.138 e. The molecule has 16 heavy (non-hydrogen) atoms. The van der Waals surface area contributed by atoms with Gasteiger partial charge in [0.05, 0.1) is 6.04 Å². The molecule has 0 aromatic carbocycles. The Morgan fingerprint density at radius 1 is 1.00 bits per heavy atom. The summed E-state index contributed by atoms with van der Waals surface area (Å²) in [5.41, 5.74) is 0. The van der Waals surface area contributed by atoms with Gasteiger partial charge in [-0.2, -0.15) is 0 Å². The van der Waals surface area contributed by atoms with Gasteiger partial charge in [-0.05, 0) is 40.0 Å². The molecule has 0 amide bonds. The number of hydrogen-bond donors (Lipinski definition) is 0. The van der Waals surface area contributed by atoms with Crippen molar-refractivity contribution in [2.45, 2.75) is 24.9 Å². The van der Waals surface area contributed by atoms with Crippen molar-refractivity contribution in [3.63, 3.8) is 0 Å². The number of likely N-dealkylation sites (N-methyl/N-ethyl adjacent to an activating group) is 1. The summed E-state index contributed by atoms with van der Waals surface area (Å²) in [4.78, 5) is 18.2. The Morgan fingerprint density at radius 2 is 1.69 bits per heavy atom. The van der Waals surface area contributed by atoms with Crippen LogP contribution in [0.15, 0.2) is 0 Å². The number of piperidine rings is 1. The van der Waals surface area contributed by atoms with Crippen LogP contribution in [-0.2, 0) is 4.79 Å². The van der Waals surface area contributed by atoms with E-state index in [4.69, 9.17) is 0 Å². The molecule has 1 unspecified atom stereocenters. The van der Waals surface area contributed by atoms with Crippen molar-refractivity contribution in [2.75, 3.05) is 46.8 Å². The molecule has 92 valence electrons. The Balaban J connectivity index is 1.94. The molecule has 0 aromatic heterocycles. The summed E-state index contributed by atoms with van der Waals surface area (Å²) in [7, 11) is 4.28. The highest BCUT2D eigenvalue weighted by Crippen LogP contribution is 2.19. The number of nitrogens with zero attached hydrogens (tertiary/aromatic N) is 3. The normalized spacial score (nSPS) is 31.8. The average molecular weight is 225 g/mol. The van der Waals surface area contributed by atoms with Crippen molar-refractivity contribution in [3.05, 3.63) is 0 Å². The van der Waals surface area contributed by atoms with Gasteiger partial charge >= 0.3 is 0 Å². The van der Waals surface area contributed by atoms with E-state index in [1.165, 1.54) is 25.9 Å². The first-order chi connectivity index (χ1) is 7.70. The van der Waals surface area contributed by atoms with E-state index in [2.05, 4.69) is 28.8 Å². The van der Waals surface area contributed by atoms with Crippen LogP contribution in [0.1, 0.15) is 12.8 Å². The second-order valence-electron chi connectivity index (χ2n) is 5.24. The maximum Gasteiger partial charge on any atom is 0.138 e. The third-order valence-electron chi connectivity index (χ3n) is 3.98. The summed E-state index contributed by atoms with van der Waals surface area (Å²) in [5, 5.41) is 0. The van der Waals surface area contributed by atoms with E-state index in [-0.39, 0.29) is 6.04 Å². The third kappa shape index (κ3) is 2.62. The van der Waals surface area contributed by atoms with Crippen molar-refractivity contribution in [3.8, 4) is 0 Å². The molecule has 2 rings (SSSR count). The molecule has 2 aliphatic rings. The van der Waals surface area contributed by atoms with E-state index < -0.39 is 0 Å². The fourth-order valence-electron chi connectivity index (χ4n) is 2.87. The van der Waals surface area contributed by atoms with Crippen LogP contribution in [0.5, 0.6) is 0 Å². The molecule has 2 heterocycles. The maximum atomic E-state index is 11.1. The van der Waals surface area contributed by atoms with E-state index in [1.807, 2.05) is 0 Å². The van der Waals surface area contributed by atoms with Crippen LogP contribution in [0.3, 0.4) is 0 Å². The van der Waals surface area contributed by atoms with Gasteiger partial charge in [0.25, 0.3) is 0 Å². The Hall–Kier alpha value is -0.450. The molecular weight excluding hydrogens is 202 g/mol. The monoisotopic (exact) mass is 225 g/mol. The molecule has 4 heteroatoms. The SMILES string of the molecule is CN1CCC(N2CCN(C)CC2C=O)CC1. The van der Waals surface area contributed by atoms with Crippen LogP contribution in [0.2, 0.25) is 0 Å². The minimum atomic E-state index is 0.118. The fourth-order valence-corrected chi connectivity index (χ4v) is 2.87. The highest BCUT2D eigenvalue weighted by molar-refractivity contribution is 5.58. The number of hydrogen-bond acceptors (Lipinski definition) is 4. The maximum absolute atomic E-state index is 11.1. The van der Waals surface area contributed by atoms with Gasteiger partial charge in [0.15, 0.2) is 0 Å². The number of carbonyl (C=O) groups excluding carboxylic acids is 1. The molecule has 4 nitrogen and oxygen atoms in total. The Morgan fingerprint density at radius 3 is 2.31 bits per heavy atom. The molecular formula is C12H23N3O. The lowest BCUT2D eigenvalue weighted by atomic mass is 10.0. The number of rotatable bonds is 2. The van der Waals surface area contributed by atoms with Crippen LogP contribution < -0.4 is 0 Å². The summed E-state index contributed by atoms with van der Waals surface area (Å²) in [6.45, 7) is 5.38. The molecule has 0 aliphatic carbocycles. The number of carbonyl (C=O) groups is 1. The summed E-state index contributed by atoms with van der Waals surface area (Å²) in [5.74, 6) is 0. The molecule has 0 radical (unpaired) electrons. The predicted molar refractivity (Wildman–Crippen MR) is 64.6 cm³/mol. The average Bonchev–Trinajstić information content (AvgIpc) is 2.30. The van der Waals surface area contributed by atoms with Gasteiger partial charge in [0, 0.05) is 25.7 Å². The summed E-state index contributed by atoms with van der Waals surface area (Å²) < 4.78 is 0. The lowest BCUT2D eigenvalue weighted by Gasteiger charge is -2.44. The Kier molecular flexibility index (Phi) is 3.95. The fraction of sp³-hybridized carbons (Fsp3) is 0.917. The van der Waals surface area contributed by atoms with Gasteiger partial charge in [-0.1, -0.05) is 0 Å². The first-order valence-corrected chi connectivity index (χ1v) is 6.29. The van der Waals surface area contributed by atoms with Crippen LogP contribution in [0.4, 0.5) is 0 Å². The van der Waals surface area contributed by atoms with Crippen LogP contribution in [-0.4, -0.2) is 79.9 Å². The first kappa shape index (κ1) is 12.0. The van der Waals surface area contributed by atoms with E-state index in [0.29, 0.717) is 6.04 Å². The number of likely N-dealkylation sites (tertiary alicyclic amines) is 1. The van der Waals surface area contributed by atoms with Crippen molar-refractivity contribution in [2.24, 2.45) is 0 Å². The molecule has 1 atom stereocenters. The minimum absolute atomic E-state index is 0.118. The number of aldehydes is 1. The molecule has 2 aliphatic heterocycles. The van der Waals surface area contributed by atoms with E-state index in [0.717, 1.165) is 25.9 Å². The van der Waals surface area contributed by atoms with Crippen molar-refractivity contribution < 1.29 is 4.79 Å². The summed E-state index contributed by atoms with van der Waals surface area (Å²) in [6, 6.07) is 0.743. The van der Waals surface area contributed by atoms with Gasteiger partial charge in [-0.3, -0.25) is 4.90 Å². The molecule has 0 saturated carbocycles. The van der Waals surface area contributed by atoms with E-state index >= 15 is 0 Å². The third-order valence-corrected chi connectivity index (χ3v) is 3.98. The van der Waals surface area contributed by atoms with Crippen LogP contribution in [0.25, 0.3) is 0 Å². The quantitative estimate of drug-likeness (QED) is 0.613. The van der Waals surface area contributed by atoms with Crippen LogP contribution >= 0.6 is 0 Å². The van der Waals surface area contributed by atoms with Crippen molar-refractivity contribution >= 4 is 6.29 Å². The zero-order valence-corrected chi connectivity index (χ0v) is 10.4. The van der Waals surface area contributed by atoms with Gasteiger partial charge in [0.2, 0.25) is 0 Å². The van der Waals surface area contributed by atoms with E-state index in [1.54, 1.807) is 0 Å². The minimum Gasteiger partial charge on any atom is -0.306 e. The highest BCUT2D eigenvalue weighted by atomic mass is 16.1. The summed E-state index contributed by atoms with van der Waals surface area (Å²) >= 11 is 0. The summed E-state index contributed by atoms with van der Waals surface area (Å²) in [6.07, 6.45) is 3.56. The largest absolute Gasteiger partial charge is 0.306 e. The zero-order chi connectivity index (χ0) is 11.5. The standard InChI is InChI=1S/C12H23N3O/c1-13-5-3-11(4-6-13)15-8-7-14(2)9-12(15)10-16/h10-12H,3-9H2,1-2H3. The topological polar surface area (TPSA) is 26.8 Å². The van der Waals surface area contributed by atoms with E-state index in [9.17, 15) is 4.79 Å². The lowest BCUT2D eigenvalue weighted by Crippen LogP contribution is -2.58. The molecule has 0 spiro atoms. The van der Waals surface area contributed by atoms with Gasteiger partial charge in [-0.15, -0.1) is 0 Å². The molecule has 2 fully saturated rings. The predicted octanol–water partition coefficient (Wildman–Crippen LogP) is -0.104. The van der Waals surface area contributed by atoms with Crippen LogP contribution in [0, 0.1) is 0 Å². The molecule has 0 aromatic rings. The zero-order valence-electron chi connectivity index (χ0n) is 10.4. The molecule has 2 saturated heterocycles. The highest BCUT2D eigenvalue weighted by Gasteiger charge is 2.31. The lowest BCUT2D eigenvalue weighted by molar-refractivity contribution is -0.116. The van der Waals surface area contributed by atoms with Crippen molar-refractivity contribution in [1.82, 2.24) is 14.7 Å². The van der Waals surface area contributed by atoms with Gasteiger partial charge < -0.3 is 14.6 Å². The second kappa shape index (κ2) is 5.25. The number of piperazine rings is 1. The van der Waals surface area contributed by atoms with Gasteiger partial charge in [-0.25, -0.2) is 0 Å². The Bertz CT molecular complexity index is 238. The second-order valence-corrected chi connectivity index (χ2v) is 5.24. The Labute approximate surface area is 98.2 Å². The van der Waals surface area contributed by atoms with Crippen molar-refractivity contribution in [1.29, 1.82) is 0 Å². The van der Waals surface area contributed by atoms with Gasteiger partial charge in [0.1, 0.15) is 6.29 Å². The molecule has 0 bridgehead atoms. The molecule has 0 N–H and O–H groups in total.